The van der Waals surface area contributed by atoms with E-state index in [9.17, 15) is 20.1 Å². The van der Waals surface area contributed by atoms with Crippen molar-refractivity contribution in [1.82, 2.24) is 0 Å². The van der Waals surface area contributed by atoms with Crippen molar-refractivity contribution in [3.63, 3.8) is 0 Å². The van der Waals surface area contributed by atoms with Crippen LogP contribution >= 0.6 is 0 Å². The third-order valence-electron chi connectivity index (χ3n) is 10.3. The lowest BCUT2D eigenvalue weighted by molar-refractivity contribution is -0.149. The molecule has 3 rings (SSSR count). The number of rotatable bonds is 14. The molecule has 2 aliphatic rings. The van der Waals surface area contributed by atoms with Crippen LogP contribution in [0.1, 0.15) is 157 Å². The summed E-state index contributed by atoms with van der Waals surface area (Å²) in [5, 5.41) is 33.7. The van der Waals surface area contributed by atoms with Gasteiger partial charge >= 0.3 is 5.97 Å². The number of carbonyl (C=O) groups is 1. The van der Waals surface area contributed by atoms with Gasteiger partial charge in [-0.3, -0.25) is 0 Å². The molecular formula is C42H81NO7. The molecule has 2 fully saturated rings. The molecule has 0 aromatic heterocycles. The third-order valence-corrected chi connectivity index (χ3v) is 10.3. The van der Waals surface area contributed by atoms with Crippen molar-refractivity contribution in [2.45, 2.75) is 165 Å². The molecule has 8 nitrogen and oxygen atoms in total. The molecular weight excluding hydrogens is 630 g/mol. The molecule has 0 heterocycles. The highest BCUT2D eigenvalue weighted by atomic mass is 16.7. The molecule has 9 atom stereocenters. The van der Waals surface area contributed by atoms with E-state index in [1.165, 1.54) is 32.1 Å². The quantitative estimate of drug-likeness (QED) is 0.140. The zero-order valence-electron chi connectivity index (χ0n) is 34.2. The second-order valence-electron chi connectivity index (χ2n) is 14.1. The zero-order valence-corrected chi connectivity index (χ0v) is 34.2. The maximum absolute atomic E-state index is 11.3. The van der Waals surface area contributed by atoms with Gasteiger partial charge in [0.25, 0.3) is 0 Å². The Morgan fingerprint density at radius 1 is 0.840 bits per heavy atom. The number of carbonyl (C=O) groups excluding carboxylic acids is 1. The van der Waals surface area contributed by atoms with Crippen LogP contribution < -0.4 is 5.90 Å². The van der Waals surface area contributed by atoms with E-state index >= 15 is 0 Å². The van der Waals surface area contributed by atoms with Crippen molar-refractivity contribution in [1.29, 1.82) is 0 Å². The minimum absolute atomic E-state index is 0.00369. The van der Waals surface area contributed by atoms with Crippen molar-refractivity contribution in [2.75, 3.05) is 26.4 Å². The largest absolute Gasteiger partial charge is 0.390 e. The van der Waals surface area contributed by atoms with Gasteiger partial charge < -0.3 is 29.6 Å². The molecule has 0 saturated heterocycles. The summed E-state index contributed by atoms with van der Waals surface area (Å²) in [6.07, 6.45) is 10.6. The molecule has 0 aliphatic heterocycles. The Balaban J connectivity index is 0. The fourth-order valence-corrected chi connectivity index (χ4v) is 6.89. The molecule has 296 valence electrons. The topological polar surface area (TPSA) is 131 Å². The summed E-state index contributed by atoms with van der Waals surface area (Å²) in [6.45, 7) is 25.4. The number of benzene rings is 1. The molecule has 0 amide bonds. The summed E-state index contributed by atoms with van der Waals surface area (Å²) >= 11 is 0. The van der Waals surface area contributed by atoms with Gasteiger partial charge in [-0.1, -0.05) is 125 Å². The molecule has 8 heteroatoms. The summed E-state index contributed by atoms with van der Waals surface area (Å²) in [5.41, 5.74) is -0.444. The molecule has 0 radical (unpaired) electrons. The zero-order chi connectivity index (χ0) is 38.5. The molecule has 1 aromatic carbocycles. The lowest BCUT2D eigenvalue weighted by Gasteiger charge is -2.46. The van der Waals surface area contributed by atoms with E-state index < -0.39 is 23.8 Å². The van der Waals surface area contributed by atoms with E-state index in [2.05, 4.69) is 52.3 Å². The molecule has 50 heavy (non-hydrogen) atoms. The van der Waals surface area contributed by atoms with Crippen LogP contribution in [0.2, 0.25) is 0 Å². The minimum Gasteiger partial charge on any atom is -0.390 e. The monoisotopic (exact) mass is 712 g/mol. The fourth-order valence-electron chi connectivity index (χ4n) is 6.89. The summed E-state index contributed by atoms with van der Waals surface area (Å²) in [6, 6.07) is 8.57. The van der Waals surface area contributed by atoms with Crippen LogP contribution in [0.15, 0.2) is 30.3 Å². The van der Waals surface area contributed by atoms with E-state index in [0.717, 1.165) is 38.7 Å². The third kappa shape index (κ3) is 19.3. The van der Waals surface area contributed by atoms with Crippen LogP contribution in [0.4, 0.5) is 0 Å². The predicted molar refractivity (Wildman–Crippen MR) is 209 cm³/mol. The lowest BCUT2D eigenvalue weighted by Crippen LogP contribution is -2.53. The molecule has 5 unspecified atom stereocenters. The van der Waals surface area contributed by atoms with Crippen LogP contribution in [0.3, 0.4) is 0 Å². The van der Waals surface area contributed by atoms with Gasteiger partial charge in [-0.2, -0.15) is 5.90 Å². The molecule has 0 bridgehead atoms. The van der Waals surface area contributed by atoms with Gasteiger partial charge in [0.1, 0.15) is 0 Å². The number of ether oxygens (including phenoxy) is 2. The number of aliphatic hydroxyl groups is 3. The Hall–Kier alpha value is -1.55. The fraction of sp³-hybridized carbons (Fsp3) is 0.833. The molecule has 2 aliphatic carbocycles. The Kier molecular flexibility index (Phi) is 31.4. The van der Waals surface area contributed by atoms with Crippen LogP contribution in [-0.4, -0.2) is 65.5 Å². The maximum Gasteiger partial charge on any atom is 0.356 e. The van der Waals surface area contributed by atoms with E-state index in [1.807, 2.05) is 40.7 Å². The van der Waals surface area contributed by atoms with Gasteiger partial charge in [-0.25, -0.2) is 4.79 Å². The van der Waals surface area contributed by atoms with Crippen molar-refractivity contribution in [3.8, 4) is 0 Å². The predicted octanol–water partition coefficient (Wildman–Crippen LogP) is 9.38. The summed E-state index contributed by atoms with van der Waals surface area (Å²) < 4.78 is 11.4. The summed E-state index contributed by atoms with van der Waals surface area (Å²) in [7, 11) is 0. The average molecular weight is 712 g/mol. The smallest absolute Gasteiger partial charge is 0.356 e. The first-order chi connectivity index (χ1) is 23.9. The highest BCUT2D eigenvalue weighted by Gasteiger charge is 2.46. The van der Waals surface area contributed by atoms with Crippen molar-refractivity contribution in [2.24, 2.45) is 41.4 Å². The maximum atomic E-state index is 11.3. The first-order valence-corrected chi connectivity index (χ1v) is 20.1. The van der Waals surface area contributed by atoms with Gasteiger partial charge in [0.05, 0.1) is 30.0 Å². The van der Waals surface area contributed by atoms with Gasteiger partial charge in [0, 0.05) is 19.8 Å². The van der Waals surface area contributed by atoms with Crippen LogP contribution in [0, 0.1) is 35.5 Å². The first kappa shape index (κ1) is 50.6. The number of hydrogen-bond donors (Lipinski definition) is 4. The molecule has 0 spiro atoms. The van der Waals surface area contributed by atoms with Gasteiger partial charge in [-0.15, -0.1) is 0 Å². The SMILES string of the molecule is CC.CCCC.CCCC.CCOCC1C[C@H](C)CC[C@H]1C(C)C(O)C(O)C(C)[C@@H]1CCCC[C@]1(O)COCC.NOC(=O)c1ccccc1. The number of hydrogen-bond acceptors (Lipinski definition) is 8. The van der Waals surface area contributed by atoms with Gasteiger partial charge in [-0.05, 0) is 87.2 Å². The van der Waals surface area contributed by atoms with Crippen molar-refractivity contribution >= 4 is 5.97 Å². The highest BCUT2D eigenvalue weighted by molar-refractivity contribution is 5.88. The van der Waals surface area contributed by atoms with E-state index in [0.29, 0.717) is 49.6 Å². The highest BCUT2D eigenvalue weighted by Crippen LogP contribution is 2.43. The standard InChI is InChI=1S/C25H48O5.C7H7NO2.2C4H10.C2H6/c1-6-29-15-20-14-17(3)11-12-21(20)18(4)23(26)24(27)19(5)22-10-8-9-13-25(22,28)16-30-7-2;8-10-7(9)6-4-2-1-3-5-6;2*1-3-4-2;1-2/h17-24,26-28H,6-16H2,1-5H3;1-5H,8H2;2*3-4H2,1-2H3;1-2H3/t17-,18?,19?,20?,21+,22+,23?,24?,25+;;;;/m1..../s1. The van der Waals surface area contributed by atoms with Gasteiger partial charge in [0.2, 0.25) is 0 Å². The van der Waals surface area contributed by atoms with E-state index in [4.69, 9.17) is 9.47 Å². The van der Waals surface area contributed by atoms with Crippen LogP contribution in [0.25, 0.3) is 0 Å². The average Bonchev–Trinajstić information content (AvgIpc) is 3.16. The van der Waals surface area contributed by atoms with Crippen molar-refractivity contribution < 1.29 is 34.4 Å². The van der Waals surface area contributed by atoms with Crippen LogP contribution in [-0.2, 0) is 14.3 Å². The van der Waals surface area contributed by atoms with E-state index in [-0.39, 0.29) is 17.8 Å². The molecule has 5 N–H and O–H groups in total. The van der Waals surface area contributed by atoms with Crippen LogP contribution in [0.5, 0.6) is 0 Å². The lowest BCUT2D eigenvalue weighted by atomic mass is 9.64. The number of nitrogens with two attached hydrogens (primary N) is 1. The van der Waals surface area contributed by atoms with Crippen molar-refractivity contribution in [3.05, 3.63) is 35.9 Å². The molecule has 2 saturated carbocycles. The normalized spacial score (nSPS) is 25.2. The minimum atomic E-state index is -0.907. The Labute approximate surface area is 308 Å². The first-order valence-electron chi connectivity index (χ1n) is 20.1. The Morgan fingerprint density at radius 2 is 1.38 bits per heavy atom. The second-order valence-corrected chi connectivity index (χ2v) is 14.1. The number of aliphatic hydroxyl groups excluding tert-OH is 2. The Morgan fingerprint density at radius 3 is 1.88 bits per heavy atom. The molecule has 1 aromatic rings. The number of unbranched alkanes of at least 4 members (excludes halogenated alkanes) is 2. The van der Waals surface area contributed by atoms with Gasteiger partial charge in [0.15, 0.2) is 0 Å². The van der Waals surface area contributed by atoms with E-state index in [1.54, 1.807) is 24.3 Å². The summed E-state index contributed by atoms with van der Waals surface area (Å²) in [5.74, 6) is 5.40. The summed E-state index contributed by atoms with van der Waals surface area (Å²) in [4.78, 5) is 14.7. The Bertz CT molecular complexity index is 895. The second kappa shape index (κ2) is 31.0.